The van der Waals surface area contributed by atoms with E-state index in [4.69, 9.17) is 0 Å². The van der Waals surface area contributed by atoms with Crippen molar-refractivity contribution in [3.8, 4) is 11.3 Å². The van der Waals surface area contributed by atoms with Gasteiger partial charge in [0.1, 0.15) is 12.4 Å². The lowest BCUT2D eigenvalue weighted by atomic mass is 9.99. The number of aromatic nitrogens is 2. The van der Waals surface area contributed by atoms with E-state index >= 15 is 0 Å². The molecule has 142 valence electrons. The molecule has 27 heavy (non-hydrogen) atoms. The van der Waals surface area contributed by atoms with Crippen LogP contribution in [-0.4, -0.2) is 46.1 Å². The van der Waals surface area contributed by atoms with Gasteiger partial charge in [-0.1, -0.05) is 36.8 Å². The summed E-state index contributed by atoms with van der Waals surface area (Å²) < 4.78 is 1.85. The fourth-order valence-corrected chi connectivity index (χ4v) is 3.78. The average molecular weight is 366 g/mol. The number of piperidine rings is 1. The minimum atomic E-state index is -0.00316. The summed E-state index contributed by atoms with van der Waals surface area (Å²) in [6.07, 6.45) is 2.46. The SMILES string of the molecule is Cc1ccc(-c2cc3n(n2)CCC(=O)N3CC(=O)N2CCC(C)CC2)cc1. The van der Waals surface area contributed by atoms with Crippen molar-refractivity contribution in [1.82, 2.24) is 14.7 Å². The predicted octanol–water partition coefficient (Wildman–Crippen LogP) is 2.85. The molecular formula is C21H26N4O2. The van der Waals surface area contributed by atoms with E-state index in [-0.39, 0.29) is 18.4 Å². The molecule has 0 unspecified atom stereocenters. The van der Waals surface area contributed by atoms with Gasteiger partial charge in [-0.05, 0) is 25.7 Å². The molecule has 2 aliphatic heterocycles. The number of hydrogen-bond donors (Lipinski definition) is 0. The van der Waals surface area contributed by atoms with Gasteiger partial charge in [-0.25, -0.2) is 4.68 Å². The highest BCUT2D eigenvalue weighted by molar-refractivity contribution is 5.99. The molecule has 2 amide bonds. The number of aryl methyl sites for hydroxylation is 2. The third kappa shape index (κ3) is 3.61. The highest BCUT2D eigenvalue weighted by Crippen LogP contribution is 2.28. The largest absolute Gasteiger partial charge is 0.341 e. The number of nitrogens with zero attached hydrogens (tertiary/aromatic N) is 4. The zero-order valence-corrected chi connectivity index (χ0v) is 16.0. The lowest BCUT2D eigenvalue weighted by Gasteiger charge is -2.33. The number of hydrogen-bond acceptors (Lipinski definition) is 3. The summed E-state index contributed by atoms with van der Waals surface area (Å²) in [5.74, 6) is 1.42. The maximum atomic E-state index is 12.7. The van der Waals surface area contributed by atoms with Crippen LogP contribution in [-0.2, 0) is 16.1 Å². The zero-order valence-electron chi connectivity index (χ0n) is 16.0. The van der Waals surface area contributed by atoms with Gasteiger partial charge < -0.3 is 4.90 Å². The maximum absolute atomic E-state index is 12.7. The molecule has 3 heterocycles. The summed E-state index contributed by atoms with van der Waals surface area (Å²) in [7, 11) is 0. The van der Waals surface area contributed by atoms with Crippen LogP contribution in [0.15, 0.2) is 30.3 Å². The summed E-state index contributed by atoms with van der Waals surface area (Å²) in [4.78, 5) is 28.8. The van der Waals surface area contributed by atoms with E-state index in [0.29, 0.717) is 18.9 Å². The van der Waals surface area contributed by atoms with Gasteiger partial charge in [-0.15, -0.1) is 0 Å². The third-order valence-electron chi connectivity index (χ3n) is 5.65. The van der Waals surface area contributed by atoms with Crippen molar-refractivity contribution in [3.63, 3.8) is 0 Å². The van der Waals surface area contributed by atoms with Crippen molar-refractivity contribution < 1.29 is 9.59 Å². The van der Waals surface area contributed by atoms with Gasteiger partial charge in [0.05, 0.1) is 12.2 Å². The molecule has 1 aromatic carbocycles. The Kier molecular flexibility index (Phi) is 4.72. The smallest absolute Gasteiger partial charge is 0.242 e. The van der Waals surface area contributed by atoms with E-state index in [1.54, 1.807) is 4.90 Å². The van der Waals surface area contributed by atoms with Crippen LogP contribution in [0.1, 0.15) is 31.7 Å². The highest BCUT2D eigenvalue weighted by atomic mass is 16.2. The number of anilines is 1. The van der Waals surface area contributed by atoms with Crippen LogP contribution in [0.3, 0.4) is 0 Å². The molecule has 0 saturated carbocycles. The highest BCUT2D eigenvalue weighted by Gasteiger charge is 2.30. The number of amides is 2. The maximum Gasteiger partial charge on any atom is 0.242 e. The molecule has 1 fully saturated rings. The van der Waals surface area contributed by atoms with Gasteiger partial charge in [-0.2, -0.15) is 5.10 Å². The zero-order chi connectivity index (χ0) is 19.0. The van der Waals surface area contributed by atoms with Gasteiger partial charge >= 0.3 is 0 Å². The molecule has 4 rings (SSSR count). The molecule has 2 aromatic rings. The normalized spacial score (nSPS) is 17.9. The predicted molar refractivity (Wildman–Crippen MR) is 104 cm³/mol. The van der Waals surface area contributed by atoms with Crippen molar-refractivity contribution in [2.45, 2.75) is 39.7 Å². The van der Waals surface area contributed by atoms with Gasteiger partial charge in [0.25, 0.3) is 0 Å². The minimum Gasteiger partial charge on any atom is -0.341 e. The quantitative estimate of drug-likeness (QED) is 0.839. The molecule has 6 heteroatoms. The van der Waals surface area contributed by atoms with Crippen molar-refractivity contribution in [1.29, 1.82) is 0 Å². The van der Waals surface area contributed by atoms with Crippen LogP contribution in [0.5, 0.6) is 0 Å². The summed E-state index contributed by atoms with van der Waals surface area (Å²) in [5, 5.41) is 4.66. The average Bonchev–Trinajstić information content (AvgIpc) is 3.09. The topological polar surface area (TPSA) is 58.4 Å². The Hall–Kier alpha value is -2.63. The second-order valence-corrected chi connectivity index (χ2v) is 7.77. The third-order valence-corrected chi connectivity index (χ3v) is 5.65. The Balaban J connectivity index is 1.55. The Morgan fingerprint density at radius 1 is 1.15 bits per heavy atom. The molecule has 0 aliphatic carbocycles. The van der Waals surface area contributed by atoms with E-state index in [2.05, 4.69) is 31.1 Å². The Morgan fingerprint density at radius 3 is 2.56 bits per heavy atom. The molecule has 0 atom stereocenters. The first-order chi connectivity index (χ1) is 13.0. The number of fused-ring (bicyclic) bond motifs is 1. The standard InChI is InChI=1S/C21H26N4O2/c1-15-3-5-17(6-4-15)18-13-19-24(20(26)9-12-25(19)22-18)14-21(27)23-10-7-16(2)8-11-23/h3-6,13,16H,7-12,14H2,1-2H3. The van der Waals surface area contributed by atoms with Crippen LogP contribution < -0.4 is 4.90 Å². The van der Waals surface area contributed by atoms with Crippen LogP contribution in [0.2, 0.25) is 0 Å². The van der Waals surface area contributed by atoms with Crippen molar-refractivity contribution in [2.24, 2.45) is 5.92 Å². The lowest BCUT2D eigenvalue weighted by Crippen LogP contribution is -2.47. The number of benzene rings is 1. The summed E-state index contributed by atoms with van der Waals surface area (Å²) in [6.45, 7) is 6.51. The fourth-order valence-electron chi connectivity index (χ4n) is 3.78. The van der Waals surface area contributed by atoms with Crippen molar-refractivity contribution >= 4 is 17.6 Å². The van der Waals surface area contributed by atoms with E-state index in [9.17, 15) is 9.59 Å². The van der Waals surface area contributed by atoms with Crippen LogP contribution in [0.4, 0.5) is 5.82 Å². The first kappa shape index (κ1) is 17.8. The van der Waals surface area contributed by atoms with E-state index < -0.39 is 0 Å². The van der Waals surface area contributed by atoms with Gasteiger partial charge in [-0.3, -0.25) is 14.5 Å². The van der Waals surface area contributed by atoms with Crippen LogP contribution in [0, 0.1) is 12.8 Å². The molecule has 0 radical (unpaired) electrons. The summed E-state index contributed by atoms with van der Waals surface area (Å²) in [5.41, 5.74) is 3.05. The Labute approximate surface area is 159 Å². The molecule has 1 saturated heterocycles. The van der Waals surface area contributed by atoms with Crippen LogP contribution >= 0.6 is 0 Å². The van der Waals surface area contributed by atoms with Gasteiger partial charge in [0, 0.05) is 31.1 Å². The van der Waals surface area contributed by atoms with Gasteiger partial charge in [0.2, 0.25) is 11.8 Å². The number of rotatable bonds is 3. The number of likely N-dealkylation sites (tertiary alicyclic amines) is 1. The van der Waals surface area contributed by atoms with E-state index in [1.165, 1.54) is 5.56 Å². The van der Waals surface area contributed by atoms with E-state index in [0.717, 1.165) is 43.0 Å². The molecular weight excluding hydrogens is 340 g/mol. The Morgan fingerprint density at radius 2 is 1.85 bits per heavy atom. The number of carbonyl (C=O) groups is 2. The number of carbonyl (C=O) groups excluding carboxylic acids is 2. The summed E-state index contributed by atoms with van der Waals surface area (Å²) in [6, 6.07) is 10.1. The molecule has 0 bridgehead atoms. The molecule has 1 aromatic heterocycles. The fraction of sp³-hybridized carbons (Fsp3) is 0.476. The van der Waals surface area contributed by atoms with Crippen molar-refractivity contribution in [2.75, 3.05) is 24.5 Å². The van der Waals surface area contributed by atoms with Gasteiger partial charge in [0.15, 0.2) is 0 Å². The molecule has 0 N–H and O–H groups in total. The van der Waals surface area contributed by atoms with E-state index in [1.807, 2.05) is 27.8 Å². The first-order valence-electron chi connectivity index (χ1n) is 9.74. The minimum absolute atomic E-state index is 0.00316. The summed E-state index contributed by atoms with van der Waals surface area (Å²) >= 11 is 0. The molecule has 0 spiro atoms. The lowest BCUT2D eigenvalue weighted by molar-refractivity contribution is -0.132. The molecule has 6 nitrogen and oxygen atoms in total. The van der Waals surface area contributed by atoms with Crippen molar-refractivity contribution in [3.05, 3.63) is 35.9 Å². The second kappa shape index (κ2) is 7.18. The van der Waals surface area contributed by atoms with Crippen LogP contribution in [0.25, 0.3) is 11.3 Å². The monoisotopic (exact) mass is 366 g/mol. The Bertz CT molecular complexity index is 848. The molecule has 2 aliphatic rings. The first-order valence-corrected chi connectivity index (χ1v) is 9.74. The second-order valence-electron chi connectivity index (χ2n) is 7.77.